The van der Waals surface area contributed by atoms with Crippen LogP contribution in [-0.4, -0.2) is 17.5 Å². The van der Waals surface area contributed by atoms with Crippen molar-refractivity contribution in [2.24, 2.45) is 17.1 Å². The van der Waals surface area contributed by atoms with Crippen molar-refractivity contribution >= 4 is 23.1 Å². The first-order valence-corrected chi connectivity index (χ1v) is 7.76. The minimum absolute atomic E-state index is 0.0235. The van der Waals surface area contributed by atoms with E-state index in [1.165, 1.54) is 0 Å². The molecule has 5 heteroatoms. The van der Waals surface area contributed by atoms with Crippen molar-refractivity contribution in [2.45, 2.75) is 32.2 Å². The van der Waals surface area contributed by atoms with Gasteiger partial charge in [-0.2, -0.15) is 0 Å². The van der Waals surface area contributed by atoms with Crippen LogP contribution >= 0.6 is 12.2 Å². The summed E-state index contributed by atoms with van der Waals surface area (Å²) in [5.74, 6) is 1.31. The zero-order valence-corrected chi connectivity index (χ0v) is 12.9. The third-order valence-corrected chi connectivity index (χ3v) is 4.95. The van der Waals surface area contributed by atoms with Gasteiger partial charge in [-0.15, -0.1) is 0 Å². The van der Waals surface area contributed by atoms with Crippen LogP contribution < -0.4 is 15.8 Å². The lowest BCUT2D eigenvalue weighted by molar-refractivity contribution is -0.133. The zero-order valence-electron chi connectivity index (χ0n) is 12.1. The van der Waals surface area contributed by atoms with Crippen molar-refractivity contribution in [2.75, 3.05) is 6.61 Å². The molecule has 1 aliphatic carbocycles. The standard InChI is InChI=1S/C16H20N2O2S/c1-10-8-16(9-10,14(17)21)15(19)18-12-6-7-20-13-5-3-2-4-11(12)13/h2-5,10,12H,6-9H2,1H3,(H2,17,21)(H,18,19). The van der Waals surface area contributed by atoms with E-state index in [9.17, 15) is 4.79 Å². The Morgan fingerprint density at radius 3 is 2.81 bits per heavy atom. The van der Waals surface area contributed by atoms with Crippen molar-refractivity contribution in [1.82, 2.24) is 5.32 Å². The molecule has 0 aromatic heterocycles. The highest BCUT2D eigenvalue weighted by molar-refractivity contribution is 7.80. The molecule has 1 atom stereocenters. The van der Waals surface area contributed by atoms with Gasteiger partial charge in [0, 0.05) is 12.0 Å². The number of para-hydroxylation sites is 1. The smallest absolute Gasteiger partial charge is 0.233 e. The minimum Gasteiger partial charge on any atom is -0.493 e. The molecule has 1 aromatic carbocycles. The quantitative estimate of drug-likeness (QED) is 0.841. The van der Waals surface area contributed by atoms with Crippen LogP contribution in [0.5, 0.6) is 5.75 Å². The summed E-state index contributed by atoms with van der Waals surface area (Å²) in [5, 5.41) is 3.13. The maximum absolute atomic E-state index is 12.7. The Balaban J connectivity index is 1.78. The molecular formula is C16H20N2O2S. The van der Waals surface area contributed by atoms with Gasteiger partial charge in [-0.1, -0.05) is 37.3 Å². The minimum atomic E-state index is -0.651. The number of amides is 1. The number of benzene rings is 1. The maximum atomic E-state index is 12.7. The maximum Gasteiger partial charge on any atom is 0.233 e. The molecule has 1 fully saturated rings. The Hall–Kier alpha value is -1.62. The second-order valence-corrected chi connectivity index (χ2v) is 6.60. The van der Waals surface area contributed by atoms with Gasteiger partial charge in [0.15, 0.2) is 0 Å². The van der Waals surface area contributed by atoms with Crippen LogP contribution in [0.15, 0.2) is 24.3 Å². The molecule has 21 heavy (non-hydrogen) atoms. The number of thiocarbonyl (C=S) groups is 1. The van der Waals surface area contributed by atoms with Gasteiger partial charge in [-0.05, 0) is 24.8 Å². The highest BCUT2D eigenvalue weighted by atomic mass is 32.1. The number of nitrogens with two attached hydrogens (primary N) is 1. The molecule has 3 N–H and O–H groups in total. The third-order valence-electron chi connectivity index (χ3n) is 4.56. The molecule has 1 unspecified atom stereocenters. The van der Waals surface area contributed by atoms with Crippen molar-refractivity contribution in [3.63, 3.8) is 0 Å². The number of hydrogen-bond donors (Lipinski definition) is 2. The lowest BCUT2D eigenvalue weighted by Crippen LogP contribution is -2.56. The number of nitrogens with one attached hydrogen (secondary N) is 1. The number of carbonyl (C=O) groups excluding carboxylic acids is 1. The lowest BCUT2D eigenvalue weighted by Gasteiger charge is -2.45. The predicted molar refractivity (Wildman–Crippen MR) is 85.1 cm³/mol. The molecule has 1 heterocycles. The van der Waals surface area contributed by atoms with Crippen molar-refractivity contribution in [3.8, 4) is 5.75 Å². The Morgan fingerprint density at radius 2 is 2.14 bits per heavy atom. The summed E-state index contributed by atoms with van der Waals surface area (Å²) in [4.78, 5) is 13.0. The van der Waals surface area contributed by atoms with Crippen LogP contribution in [-0.2, 0) is 4.79 Å². The van der Waals surface area contributed by atoms with E-state index in [2.05, 4.69) is 12.2 Å². The summed E-state index contributed by atoms with van der Waals surface area (Å²) in [6.45, 7) is 2.73. The van der Waals surface area contributed by atoms with Crippen molar-refractivity contribution < 1.29 is 9.53 Å². The van der Waals surface area contributed by atoms with Gasteiger partial charge >= 0.3 is 0 Å². The second-order valence-electron chi connectivity index (χ2n) is 6.16. The molecule has 0 spiro atoms. The Morgan fingerprint density at radius 1 is 1.43 bits per heavy atom. The van der Waals surface area contributed by atoms with E-state index in [-0.39, 0.29) is 11.9 Å². The van der Waals surface area contributed by atoms with Crippen LogP contribution in [0.3, 0.4) is 0 Å². The van der Waals surface area contributed by atoms with E-state index in [0.717, 1.165) is 30.6 Å². The number of hydrogen-bond acceptors (Lipinski definition) is 3. The summed E-state index contributed by atoms with van der Waals surface area (Å²) < 4.78 is 5.62. The Labute approximate surface area is 130 Å². The molecule has 0 bridgehead atoms. The molecule has 1 aromatic rings. The molecule has 112 valence electrons. The van der Waals surface area contributed by atoms with Crippen molar-refractivity contribution in [3.05, 3.63) is 29.8 Å². The van der Waals surface area contributed by atoms with Gasteiger partial charge in [0.1, 0.15) is 5.75 Å². The highest BCUT2D eigenvalue weighted by Crippen LogP contribution is 2.46. The normalized spacial score (nSPS) is 30.5. The largest absolute Gasteiger partial charge is 0.493 e. The number of ether oxygens (including phenoxy) is 1. The van der Waals surface area contributed by atoms with E-state index in [1.54, 1.807) is 0 Å². The molecule has 1 aliphatic heterocycles. The summed E-state index contributed by atoms with van der Waals surface area (Å²) in [6, 6.07) is 7.80. The van der Waals surface area contributed by atoms with E-state index >= 15 is 0 Å². The fourth-order valence-corrected chi connectivity index (χ4v) is 3.68. The summed E-state index contributed by atoms with van der Waals surface area (Å²) in [7, 11) is 0. The number of fused-ring (bicyclic) bond motifs is 1. The van der Waals surface area contributed by atoms with Crippen LogP contribution in [0.2, 0.25) is 0 Å². The predicted octanol–water partition coefficient (Wildman–Crippen LogP) is 2.33. The molecular weight excluding hydrogens is 284 g/mol. The summed E-state index contributed by atoms with van der Waals surface area (Å²) >= 11 is 5.15. The highest BCUT2D eigenvalue weighted by Gasteiger charge is 2.51. The van der Waals surface area contributed by atoms with E-state index < -0.39 is 5.41 Å². The Bertz CT molecular complexity index is 581. The fourth-order valence-electron chi connectivity index (χ4n) is 3.42. The van der Waals surface area contributed by atoms with E-state index in [4.69, 9.17) is 22.7 Å². The zero-order chi connectivity index (χ0) is 15.0. The van der Waals surface area contributed by atoms with Crippen LogP contribution in [0, 0.1) is 11.3 Å². The topological polar surface area (TPSA) is 64.3 Å². The second kappa shape index (κ2) is 5.30. The first-order valence-electron chi connectivity index (χ1n) is 7.35. The van der Waals surface area contributed by atoms with Crippen molar-refractivity contribution in [1.29, 1.82) is 0 Å². The molecule has 0 saturated heterocycles. The SMILES string of the molecule is CC1CC(C(=O)NC2CCOc3ccccc32)(C(N)=S)C1. The molecule has 1 amide bonds. The van der Waals surface area contributed by atoms with Gasteiger partial charge in [0.05, 0.1) is 23.1 Å². The molecule has 2 aliphatic rings. The number of carbonyl (C=O) groups is 1. The van der Waals surface area contributed by atoms with E-state index in [0.29, 0.717) is 17.5 Å². The molecule has 1 saturated carbocycles. The average molecular weight is 304 g/mol. The molecule has 4 nitrogen and oxygen atoms in total. The monoisotopic (exact) mass is 304 g/mol. The van der Waals surface area contributed by atoms with Gasteiger partial charge < -0.3 is 15.8 Å². The fraction of sp³-hybridized carbons (Fsp3) is 0.500. The molecule has 3 rings (SSSR count). The third kappa shape index (κ3) is 2.39. The van der Waals surface area contributed by atoms with Gasteiger partial charge in [0.2, 0.25) is 5.91 Å². The first-order chi connectivity index (χ1) is 10.0. The van der Waals surface area contributed by atoms with Gasteiger partial charge in [0.25, 0.3) is 0 Å². The average Bonchev–Trinajstić information content (AvgIpc) is 2.43. The molecule has 0 radical (unpaired) electrons. The summed E-state index contributed by atoms with van der Waals surface area (Å²) in [5.41, 5.74) is 6.22. The lowest BCUT2D eigenvalue weighted by atomic mass is 9.62. The first kappa shape index (κ1) is 14.3. The Kier molecular flexibility index (Phi) is 3.61. The van der Waals surface area contributed by atoms with Crippen LogP contribution in [0.4, 0.5) is 0 Å². The van der Waals surface area contributed by atoms with Crippen LogP contribution in [0.1, 0.15) is 37.8 Å². The number of rotatable bonds is 3. The van der Waals surface area contributed by atoms with Crippen LogP contribution in [0.25, 0.3) is 0 Å². The van der Waals surface area contributed by atoms with Gasteiger partial charge in [-0.25, -0.2) is 0 Å². The van der Waals surface area contributed by atoms with Gasteiger partial charge in [-0.3, -0.25) is 4.79 Å². The van der Waals surface area contributed by atoms with E-state index in [1.807, 2.05) is 24.3 Å². The summed E-state index contributed by atoms with van der Waals surface area (Å²) in [6.07, 6.45) is 2.27.